The van der Waals surface area contributed by atoms with Gasteiger partial charge in [-0.2, -0.15) is 5.11 Å². The van der Waals surface area contributed by atoms with Crippen LogP contribution in [0.5, 0.6) is 0 Å². The Morgan fingerprint density at radius 2 is 1.97 bits per heavy atom. The number of amides is 3. The van der Waals surface area contributed by atoms with Gasteiger partial charge >= 0.3 is 6.09 Å². The Labute approximate surface area is 194 Å². The van der Waals surface area contributed by atoms with Crippen LogP contribution in [0.1, 0.15) is 6.92 Å². The molecule has 2 saturated heterocycles. The molecule has 1 atom stereocenters. The van der Waals surface area contributed by atoms with Gasteiger partial charge in [-0.05, 0) is 0 Å². The molecule has 34 heavy (non-hydrogen) atoms. The third-order valence-electron chi connectivity index (χ3n) is 5.10. The average Bonchev–Trinajstić information content (AvgIpc) is 2.99. The molecule has 0 radical (unpaired) electrons. The summed E-state index contributed by atoms with van der Waals surface area (Å²) in [6.45, 7) is 2.12. The zero-order valence-electron chi connectivity index (χ0n) is 18.8. The summed E-state index contributed by atoms with van der Waals surface area (Å²) in [5.74, 6) is -2.32. The van der Waals surface area contributed by atoms with E-state index in [2.05, 4.69) is 32.0 Å². The Bertz CT molecular complexity index is 925. The van der Waals surface area contributed by atoms with E-state index in [-0.39, 0.29) is 69.0 Å². The quantitative estimate of drug-likeness (QED) is 0.291. The van der Waals surface area contributed by atoms with Gasteiger partial charge in [-0.25, -0.2) is 30.0 Å². The van der Waals surface area contributed by atoms with Crippen molar-refractivity contribution in [3.05, 3.63) is 23.8 Å². The molecule has 0 bridgehead atoms. The smallest absolute Gasteiger partial charge is 0.414 e. The minimum atomic E-state index is -0.847. The lowest BCUT2D eigenvalue weighted by molar-refractivity contribution is -0.132. The highest BCUT2D eigenvalue weighted by molar-refractivity contribution is 5.90. The van der Waals surface area contributed by atoms with Crippen LogP contribution in [0.4, 0.5) is 25.0 Å². The first-order valence-electron chi connectivity index (χ1n) is 10.6. The molecule has 1 aromatic rings. The van der Waals surface area contributed by atoms with E-state index in [9.17, 15) is 23.2 Å². The molecule has 2 aliphatic heterocycles. The first kappa shape index (κ1) is 25.0. The van der Waals surface area contributed by atoms with E-state index in [1.54, 1.807) is 7.05 Å². The van der Waals surface area contributed by atoms with Crippen molar-refractivity contribution >= 4 is 29.3 Å². The molecule has 13 nitrogen and oxygen atoms in total. The van der Waals surface area contributed by atoms with Crippen LogP contribution in [0, 0.1) is 11.6 Å². The molecule has 0 spiro atoms. The van der Waals surface area contributed by atoms with Crippen LogP contribution in [0.2, 0.25) is 0 Å². The van der Waals surface area contributed by atoms with Gasteiger partial charge in [-0.3, -0.25) is 19.5 Å². The lowest BCUT2D eigenvalue weighted by atomic mass is 10.2. The second kappa shape index (κ2) is 11.5. The van der Waals surface area contributed by atoms with Crippen LogP contribution in [0.25, 0.3) is 0 Å². The summed E-state index contributed by atoms with van der Waals surface area (Å²) in [5.41, 5.74) is 7.58. The maximum Gasteiger partial charge on any atom is 0.414 e. The average molecular weight is 483 g/mol. The van der Waals surface area contributed by atoms with Crippen molar-refractivity contribution in [2.45, 2.75) is 13.0 Å². The molecule has 2 aliphatic rings. The maximum absolute atomic E-state index is 15.0. The van der Waals surface area contributed by atoms with Gasteiger partial charge in [0.2, 0.25) is 5.91 Å². The fourth-order valence-corrected chi connectivity index (χ4v) is 3.54. The highest BCUT2D eigenvalue weighted by atomic mass is 19.1. The topological polar surface area (TPSA) is 143 Å². The maximum atomic E-state index is 15.0. The summed E-state index contributed by atoms with van der Waals surface area (Å²) >= 11 is 0. The number of carbonyl (C=O) groups is 3. The number of ether oxygens (including phenoxy) is 1. The van der Waals surface area contributed by atoms with Crippen LogP contribution in [0.3, 0.4) is 0 Å². The van der Waals surface area contributed by atoms with E-state index in [1.807, 2.05) is 0 Å². The van der Waals surface area contributed by atoms with Gasteiger partial charge in [-0.15, -0.1) is 0 Å². The molecule has 15 heteroatoms. The zero-order valence-corrected chi connectivity index (χ0v) is 18.8. The molecule has 0 unspecified atom stereocenters. The van der Waals surface area contributed by atoms with Crippen LogP contribution < -0.4 is 31.5 Å². The van der Waals surface area contributed by atoms with Crippen LogP contribution in [-0.4, -0.2) is 81.9 Å². The zero-order chi connectivity index (χ0) is 24.7. The molecule has 0 aliphatic carbocycles. The van der Waals surface area contributed by atoms with Gasteiger partial charge in [-0.1, -0.05) is 5.22 Å². The molecule has 1 aromatic carbocycles. The van der Waals surface area contributed by atoms with E-state index < -0.39 is 23.8 Å². The third kappa shape index (κ3) is 6.26. The van der Waals surface area contributed by atoms with Crippen LogP contribution >= 0.6 is 0 Å². The Hall–Kier alpha value is -3.59. The fourth-order valence-electron chi connectivity index (χ4n) is 3.54. The highest BCUT2D eigenvalue weighted by Gasteiger charge is 2.34. The second-order valence-corrected chi connectivity index (χ2v) is 7.51. The Kier molecular flexibility index (Phi) is 8.48. The third-order valence-corrected chi connectivity index (χ3v) is 5.10. The Balaban J connectivity index is 1.65. The van der Waals surface area contributed by atoms with Crippen molar-refractivity contribution in [2.24, 2.45) is 10.3 Å². The fraction of sp³-hybridized carbons (Fsp3) is 0.526. The molecule has 0 saturated carbocycles. The summed E-state index contributed by atoms with van der Waals surface area (Å²) in [5, 5.41) is 11.1. The van der Waals surface area contributed by atoms with Crippen LogP contribution in [0.15, 0.2) is 22.5 Å². The number of nitrogens with zero attached hydrogens (tertiary/aromatic N) is 5. The molecular weight excluding hydrogens is 456 g/mol. The first-order valence-corrected chi connectivity index (χ1v) is 10.6. The van der Waals surface area contributed by atoms with Crippen molar-refractivity contribution in [1.82, 2.24) is 26.7 Å². The minimum absolute atomic E-state index is 0.0133. The predicted molar refractivity (Wildman–Crippen MR) is 117 cm³/mol. The normalized spacial score (nSPS) is 18.8. The van der Waals surface area contributed by atoms with E-state index in [1.165, 1.54) is 16.8 Å². The van der Waals surface area contributed by atoms with Crippen molar-refractivity contribution < 1.29 is 27.9 Å². The number of nitrogens with one attached hydrogen (secondary N) is 4. The van der Waals surface area contributed by atoms with Crippen LogP contribution in [-0.2, 0) is 14.3 Å². The number of cyclic esters (lactones) is 1. The predicted octanol–water partition coefficient (Wildman–Crippen LogP) is -0.329. The summed E-state index contributed by atoms with van der Waals surface area (Å²) < 4.78 is 35.1. The van der Waals surface area contributed by atoms with E-state index in [4.69, 9.17) is 4.74 Å². The van der Waals surface area contributed by atoms with E-state index >= 15 is 0 Å². The summed E-state index contributed by atoms with van der Waals surface area (Å²) in [6.07, 6.45) is -1.38. The molecule has 2 heterocycles. The summed E-state index contributed by atoms with van der Waals surface area (Å²) in [6, 6.07) is 2.13. The highest BCUT2D eigenvalue weighted by Crippen LogP contribution is 2.31. The number of rotatable bonds is 8. The van der Waals surface area contributed by atoms with Gasteiger partial charge in [0.25, 0.3) is 5.91 Å². The molecule has 3 rings (SSSR count). The first-order chi connectivity index (χ1) is 16.3. The van der Waals surface area contributed by atoms with Crippen molar-refractivity contribution in [1.29, 1.82) is 0 Å². The molecule has 2 fully saturated rings. The number of benzene rings is 1. The molecule has 4 N–H and O–H groups in total. The minimum Gasteiger partial charge on any atom is -0.442 e. The molecule has 3 amide bonds. The molecule has 186 valence electrons. The SMILES string of the molecule is CNNN=NCC(=O)N1CCN(c2c(F)cc(N3C[C@H](CNC(C)=O)OC3=O)cc2F)CCN1. The van der Waals surface area contributed by atoms with Gasteiger partial charge < -0.3 is 15.0 Å². The summed E-state index contributed by atoms with van der Waals surface area (Å²) in [7, 11) is 1.60. The second-order valence-electron chi connectivity index (χ2n) is 7.51. The van der Waals surface area contributed by atoms with Crippen molar-refractivity contribution in [2.75, 3.05) is 62.7 Å². The van der Waals surface area contributed by atoms with Gasteiger partial charge in [0.05, 0.1) is 25.3 Å². The lowest BCUT2D eigenvalue weighted by Crippen LogP contribution is -2.44. The number of halogens is 2. The Morgan fingerprint density at radius 1 is 1.24 bits per heavy atom. The van der Waals surface area contributed by atoms with E-state index in [0.29, 0.717) is 0 Å². The number of carbonyl (C=O) groups excluding carboxylic acids is 3. The van der Waals surface area contributed by atoms with Gasteiger partial charge in [0.15, 0.2) is 11.6 Å². The number of anilines is 2. The molecule has 0 aromatic heterocycles. The van der Waals surface area contributed by atoms with Gasteiger partial charge in [0, 0.05) is 45.7 Å². The standard InChI is InChI=1S/C19H27F2N9O4/c1-12(31)23-9-14-11-29(19(33)34-14)13-7-15(20)18(16(21)8-13)28-4-3-25-30(6-5-28)17(32)10-24-27-26-22-2/h7-8,14,25H,3-6,9-11H2,1-2H3,(H,22,27)(H,23,31)(H,24,26)/t14-/m0/s1. The summed E-state index contributed by atoms with van der Waals surface area (Å²) in [4.78, 5) is 38.1. The Morgan fingerprint density at radius 3 is 2.65 bits per heavy atom. The van der Waals surface area contributed by atoms with Gasteiger partial charge in [0.1, 0.15) is 18.3 Å². The van der Waals surface area contributed by atoms with Crippen molar-refractivity contribution in [3.8, 4) is 0 Å². The molecular formula is C19H27F2N9O4. The monoisotopic (exact) mass is 483 g/mol. The number of hydrogen-bond acceptors (Lipinski definition) is 9. The number of hydrazine groups is 2. The number of hydrogen-bond donors (Lipinski definition) is 4. The van der Waals surface area contributed by atoms with Crippen molar-refractivity contribution in [3.63, 3.8) is 0 Å². The largest absolute Gasteiger partial charge is 0.442 e. The van der Waals surface area contributed by atoms with E-state index in [0.717, 1.165) is 17.0 Å². The lowest BCUT2D eigenvalue weighted by Gasteiger charge is -2.25.